The molecular formula is C15H14N4OS. The molecule has 106 valence electrons. The molecule has 2 aromatic rings. The van der Waals surface area contributed by atoms with Gasteiger partial charge in [0.25, 0.3) is 0 Å². The predicted molar refractivity (Wildman–Crippen MR) is 81.0 cm³/mol. The van der Waals surface area contributed by atoms with Crippen LogP contribution in [0.25, 0.3) is 5.00 Å². The van der Waals surface area contributed by atoms with Gasteiger partial charge in [-0.2, -0.15) is 0 Å². The van der Waals surface area contributed by atoms with E-state index in [2.05, 4.69) is 33.1 Å². The van der Waals surface area contributed by atoms with Crippen LogP contribution >= 0.6 is 11.3 Å². The average molecular weight is 298 g/mol. The lowest BCUT2D eigenvalue weighted by Gasteiger charge is -2.16. The van der Waals surface area contributed by atoms with Gasteiger partial charge in [-0.1, -0.05) is 11.8 Å². The summed E-state index contributed by atoms with van der Waals surface area (Å²) in [6, 6.07) is 2.10. The Hall–Kier alpha value is -1.97. The number of aromatic nitrogens is 3. The molecule has 6 heteroatoms. The molecule has 4 rings (SSSR count). The second-order valence-electron chi connectivity index (χ2n) is 5.11. The summed E-state index contributed by atoms with van der Waals surface area (Å²) in [5.74, 6) is 8.02. The molecule has 2 aliphatic heterocycles. The van der Waals surface area contributed by atoms with Crippen LogP contribution in [-0.2, 0) is 11.3 Å². The standard InChI is InChI=1S/C15H14N4OS/c1(11-3-5-20-6-4-11)2-13-7-12-8-16-9-14-18-17-10-19(14)15(12)21-13/h7-8,10-11H,3-6,9H2. The van der Waals surface area contributed by atoms with Crippen LogP contribution in [0.4, 0.5) is 0 Å². The van der Waals surface area contributed by atoms with Crippen molar-refractivity contribution in [3.63, 3.8) is 0 Å². The minimum atomic E-state index is 0.458. The molecule has 0 spiro atoms. The SMILES string of the molecule is C(#CC1CCOCC1)c1cc2c(s1)-n1cnnc1CN=C2. The number of hydrogen-bond donors (Lipinski definition) is 0. The lowest BCUT2D eigenvalue weighted by molar-refractivity contribution is 0.0807. The van der Waals surface area contributed by atoms with Crippen molar-refractivity contribution in [2.75, 3.05) is 13.2 Å². The van der Waals surface area contributed by atoms with Gasteiger partial charge in [0.15, 0.2) is 5.82 Å². The Labute approximate surface area is 126 Å². The van der Waals surface area contributed by atoms with Crippen molar-refractivity contribution in [3.8, 4) is 16.8 Å². The zero-order valence-corrected chi connectivity index (χ0v) is 12.3. The molecule has 0 atom stereocenters. The Bertz CT molecular complexity index is 743. The number of hydrogen-bond acceptors (Lipinski definition) is 5. The molecule has 21 heavy (non-hydrogen) atoms. The van der Waals surface area contributed by atoms with Crippen molar-refractivity contribution in [3.05, 3.63) is 28.7 Å². The highest BCUT2D eigenvalue weighted by atomic mass is 32.1. The number of rotatable bonds is 0. The van der Waals surface area contributed by atoms with Gasteiger partial charge in [-0.15, -0.1) is 21.5 Å². The highest BCUT2D eigenvalue weighted by Crippen LogP contribution is 2.27. The quantitative estimate of drug-likeness (QED) is 0.699. The van der Waals surface area contributed by atoms with Crippen LogP contribution in [0.1, 0.15) is 29.1 Å². The lowest BCUT2D eigenvalue weighted by atomic mass is 10.0. The molecule has 0 bridgehead atoms. The monoisotopic (exact) mass is 298 g/mol. The van der Waals surface area contributed by atoms with Gasteiger partial charge in [0.1, 0.15) is 11.3 Å². The highest BCUT2D eigenvalue weighted by molar-refractivity contribution is 7.15. The maximum absolute atomic E-state index is 5.36. The minimum Gasteiger partial charge on any atom is -0.381 e. The van der Waals surface area contributed by atoms with E-state index in [4.69, 9.17) is 4.74 Å². The molecule has 0 unspecified atom stereocenters. The Morgan fingerprint density at radius 1 is 1.33 bits per heavy atom. The molecule has 2 aromatic heterocycles. The van der Waals surface area contributed by atoms with Crippen LogP contribution in [0.3, 0.4) is 0 Å². The third-order valence-electron chi connectivity index (χ3n) is 3.66. The summed E-state index contributed by atoms with van der Waals surface area (Å²) in [7, 11) is 0. The topological polar surface area (TPSA) is 52.3 Å². The van der Waals surface area contributed by atoms with Crippen molar-refractivity contribution in [1.29, 1.82) is 0 Å². The number of thiophene rings is 1. The maximum atomic E-state index is 5.36. The van der Waals surface area contributed by atoms with Crippen LogP contribution in [0.15, 0.2) is 17.4 Å². The van der Waals surface area contributed by atoms with E-state index in [1.54, 1.807) is 17.7 Å². The van der Waals surface area contributed by atoms with Crippen LogP contribution in [0.2, 0.25) is 0 Å². The predicted octanol–water partition coefficient (Wildman–Crippen LogP) is 2.04. The van der Waals surface area contributed by atoms with E-state index in [1.807, 2.05) is 10.8 Å². The molecule has 0 aromatic carbocycles. The molecule has 4 heterocycles. The average Bonchev–Trinajstić information content (AvgIpc) is 3.10. The van der Waals surface area contributed by atoms with Crippen molar-refractivity contribution in [2.24, 2.45) is 10.9 Å². The summed E-state index contributed by atoms with van der Waals surface area (Å²) in [5, 5.41) is 9.17. The van der Waals surface area contributed by atoms with Crippen molar-refractivity contribution < 1.29 is 4.74 Å². The molecule has 1 fully saturated rings. The summed E-state index contributed by atoms with van der Waals surface area (Å²) < 4.78 is 7.37. The first kappa shape index (κ1) is 12.7. The summed E-state index contributed by atoms with van der Waals surface area (Å²) in [4.78, 5) is 5.45. The van der Waals surface area contributed by atoms with E-state index < -0.39 is 0 Å². The van der Waals surface area contributed by atoms with Gasteiger partial charge in [0.05, 0.1) is 11.4 Å². The van der Waals surface area contributed by atoms with E-state index in [0.717, 1.165) is 47.3 Å². The molecule has 2 aliphatic rings. The fraction of sp³-hybridized carbons (Fsp3) is 0.400. The third kappa shape index (κ3) is 2.50. The molecule has 1 saturated heterocycles. The fourth-order valence-electron chi connectivity index (χ4n) is 2.52. The van der Waals surface area contributed by atoms with Crippen molar-refractivity contribution >= 4 is 17.6 Å². The first-order chi connectivity index (χ1) is 10.4. The number of aliphatic imine (C=N–C) groups is 1. The summed E-state index contributed by atoms with van der Waals surface area (Å²) in [5.41, 5.74) is 1.09. The van der Waals surface area contributed by atoms with Gasteiger partial charge < -0.3 is 4.74 Å². The summed E-state index contributed by atoms with van der Waals surface area (Å²) in [6.45, 7) is 2.23. The zero-order valence-electron chi connectivity index (χ0n) is 11.5. The largest absolute Gasteiger partial charge is 0.381 e. The van der Waals surface area contributed by atoms with Crippen LogP contribution in [0.5, 0.6) is 0 Å². The highest BCUT2D eigenvalue weighted by Gasteiger charge is 2.16. The van der Waals surface area contributed by atoms with Gasteiger partial charge in [-0.25, -0.2) is 0 Å². The molecule has 5 nitrogen and oxygen atoms in total. The first-order valence-electron chi connectivity index (χ1n) is 7.02. The normalized spacial score (nSPS) is 17.5. The van der Waals surface area contributed by atoms with E-state index in [-0.39, 0.29) is 0 Å². The number of nitrogens with zero attached hydrogens (tertiary/aromatic N) is 4. The molecular weight excluding hydrogens is 284 g/mol. The summed E-state index contributed by atoms with van der Waals surface area (Å²) in [6.07, 6.45) is 5.72. The molecule has 0 saturated carbocycles. The molecule has 0 aliphatic carbocycles. The van der Waals surface area contributed by atoms with Gasteiger partial charge in [0, 0.05) is 30.9 Å². The lowest BCUT2D eigenvalue weighted by Crippen LogP contribution is -2.13. The zero-order chi connectivity index (χ0) is 14.1. The minimum absolute atomic E-state index is 0.458. The maximum Gasteiger partial charge on any atom is 0.159 e. The molecule has 0 radical (unpaired) electrons. The van der Waals surface area contributed by atoms with Crippen LogP contribution < -0.4 is 0 Å². The van der Waals surface area contributed by atoms with E-state index in [9.17, 15) is 0 Å². The van der Waals surface area contributed by atoms with Crippen LogP contribution in [0, 0.1) is 17.8 Å². The van der Waals surface area contributed by atoms with Crippen LogP contribution in [-0.4, -0.2) is 34.2 Å². The summed E-state index contributed by atoms with van der Waals surface area (Å²) >= 11 is 1.67. The smallest absolute Gasteiger partial charge is 0.159 e. The van der Waals surface area contributed by atoms with Gasteiger partial charge in [-0.3, -0.25) is 9.56 Å². The Morgan fingerprint density at radius 2 is 2.24 bits per heavy atom. The Balaban J connectivity index is 1.65. The van der Waals surface area contributed by atoms with E-state index in [0.29, 0.717) is 12.5 Å². The first-order valence-corrected chi connectivity index (χ1v) is 7.84. The van der Waals surface area contributed by atoms with Gasteiger partial charge in [-0.05, 0) is 18.9 Å². The Kier molecular flexibility index (Phi) is 3.30. The molecule has 0 amide bonds. The Morgan fingerprint density at radius 3 is 3.14 bits per heavy atom. The van der Waals surface area contributed by atoms with Crippen molar-refractivity contribution in [1.82, 2.24) is 14.8 Å². The second kappa shape index (κ2) is 5.43. The van der Waals surface area contributed by atoms with E-state index in [1.165, 1.54) is 0 Å². The van der Waals surface area contributed by atoms with E-state index >= 15 is 0 Å². The number of fused-ring (bicyclic) bond motifs is 3. The second-order valence-corrected chi connectivity index (χ2v) is 6.14. The number of ether oxygens (including phenoxy) is 1. The third-order valence-corrected chi connectivity index (χ3v) is 4.73. The van der Waals surface area contributed by atoms with Gasteiger partial charge >= 0.3 is 0 Å². The fourth-order valence-corrected chi connectivity index (χ4v) is 3.50. The molecule has 0 N–H and O–H groups in total. The van der Waals surface area contributed by atoms with Crippen molar-refractivity contribution in [2.45, 2.75) is 19.4 Å². The van der Waals surface area contributed by atoms with Gasteiger partial charge in [0.2, 0.25) is 0 Å².